The molecule has 0 aliphatic rings. The van der Waals surface area contributed by atoms with Crippen molar-refractivity contribution in [1.82, 2.24) is 0 Å². The number of halogens is 1. The Balaban J connectivity index is 2.75. The molecule has 9 heavy (non-hydrogen) atoms. The summed E-state index contributed by atoms with van der Waals surface area (Å²) in [4.78, 5) is 0. The van der Waals surface area contributed by atoms with E-state index in [9.17, 15) is 0 Å². The van der Waals surface area contributed by atoms with Gasteiger partial charge in [-0.1, -0.05) is 12.1 Å². The van der Waals surface area contributed by atoms with E-state index in [1.165, 1.54) is 3.57 Å². The van der Waals surface area contributed by atoms with E-state index in [0.717, 1.165) is 5.56 Å². The quantitative estimate of drug-likeness (QED) is 0.775. The zero-order chi connectivity index (χ0) is 7.40. The largest absolute Gasteiger partial charge is 0.326 e. The summed E-state index contributed by atoms with van der Waals surface area (Å²) in [5, 5.41) is 0. The lowest BCUT2D eigenvalue weighted by Crippen LogP contribution is -1.95. The molecular weight excluding hydrogens is 225 g/mol. The molecule has 2 heteroatoms. The summed E-state index contributed by atoms with van der Waals surface area (Å²) in [6, 6.07) is 8.09. The second-order valence-corrected chi connectivity index (χ2v) is 3.05. The molecule has 0 bridgehead atoms. The molecule has 0 aromatic heterocycles. The summed E-state index contributed by atoms with van der Waals surface area (Å²) >= 11 is 2.26. The first-order chi connectivity index (χ1) is 4.83. The van der Waals surface area contributed by atoms with Gasteiger partial charge in [0.1, 0.15) is 1.41 Å². The smallest absolute Gasteiger partial charge is 0.119 e. The molecule has 1 aromatic carbocycles. The predicted molar refractivity (Wildman–Crippen MR) is 47.1 cm³/mol. The zero-order valence-corrected chi connectivity index (χ0v) is 7.05. The standard InChI is InChI=1S/C7H8IN/c8-7-3-1-2-6(4-7)5-9/h1-4H,5,9H2/i/hD. The van der Waals surface area contributed by atoms with Gasteiger partial charge in [0.05, 0.1) is 0 Å². The third-order valence-electron chi connectivity index (χ3n) is 1.09. The predicted octanol–water partition coefficient (Wildman–Crippen LogP) is 1.75. The summed E-state index contributed by atoms with van der Waals surface area (Å²) in [6.45, 7) is 0.622. The molecule has 0 amide bonds. The molecule has 1 rings (SSSR count). The van der Waals surface area contributed by atoms with Gasteiger partial charge >= 0.3 is 0 Å². The minimum atomic E-state index is 0.622. The topological polar surface area (TPSA) is 26.0 Å². The molecule has 0 spiro atoms. The van der Waals surface area contributed by atoms with Gasteiger partial charge in [0.2, 0.25) is 0 Å². The van der Waals surface area contributed by atoms with Gasteiger partial charge in [-0.2, -0.15) is 0 Å². The molecule has 0 aliphatic heterocycles. The molecule has 0 saturated heterocycles. The minimum absolute atomic E-state index is 0.622. The Morgan fingerprint density at radius 1 is 1.67 bits per heavy atom. The van der Waals surface area contributed by atoms with Gasteiger partial charge in [0, 0.05) is 10.1 Å². The SMILES string of the molecule is [2H]NCc1cccc(I)c1. The third kappa shape index (κ3) is 1.95. The molecule has 2 N–H and O–H groups in total. The fourth-order valence-corrected chi connectivity index (χ4v) is 1.25. The highest BCUT2D eigenvalue weighted by Gasteiger charge is 1.87. The number of benzene rings is 1. The highest BCUT2D eigenvalue weighted by Crippen LogP contribution is 2.06. The van der Waals surface area contributed by atoms with Crippen molar-refractivity contribution in [1.29, 1.82) is 0 Å². The van der Waals surface area contributed by atoms with Gasteiger partial charge in [0.15, 0.2) is 0 Å². The van der Waals surface area contributed by atoms with Crippen LogP contribution < -0.4 is 5.73 Å². The van der Waals surface area contributed by atoms with E-state index in [0.29, 0.717) is 6.54 Å². The van der Waals surface area contributed by atoms with E-state index in [4.69, 9.17) is 1.41 Å². The van der Waals surface area contributed by atoms with Crippen LogP contribution in [0.1, 0.15) is 5.56 Å². The Morgan fingerprint density at radius 3 is 3.22 bits per heavy atom. The van der Waals surface area contributed by atoms with Gasteiger partial charge < -0.3 is 5.73 Å². The van der Waals surface area contributed by atoms with Crippen LogP contribution in [0.15, 0.2) is 24.3 Å². The number of rotatable bonds is 2. The summed E-state index contributed by atoms with van der Waals surface area (Å²) in [7, 11) is 0. The van der Waals surface area contributed by atoms with E-state index in [-0.39, 0.29) is 0 Å². The van der Waals surface area contributed by atoms with Crippen LogP contribution in [-0.2, 0) is 6.54 Å². The van der Waals surface area contributed by atoms with E-state index in [1.807, 2.05) is 18.2 Å². The Kier molecular flexibility index (Phi) is 2.00. The summed E-state index contributed by atoms with van der Waals surface area (Å²) in [5.74, 6) is 0. The average molecular weight is 234 g/mol. The zero-order valence-electron chi connectivity index (χ0n) is 5.89. The van der Waals surface area contributed by atoms with Gasteiger partial charge in [-0.05, 0) is 40.3 Å². The summed E-state index contributed by atoms with van der Waals surface area (Å²) < 4.78 is 7.97. The normalized spacial score (nSPS) is 11.0. The minimum Gasteiger partial charge on any atom is -0.326 e. The number of nitrogens with two attached hydrogens (primary N) is 1. The summed E-state index contributed by atoms with van der Waals surface area (Å²) in [5.41, 5.74) is 3.51. The fraction of sp³-hybridized carbons (Fsp3) is 0.143. The maximum absolute atomic E-state index is 6.76. The van der Waals surface area contributed by atoms with Gasteiger partial charge in [-0.15, -0.1) is 0 Å². The van der Waals surface area contributed by atoms with E-state index < -0.39 is 0 Å². The average Bonchev–Trinajstić information content (AvgIpc) is 1.88. The first kappa shape index (κ1) is 5.68. The molecule has 0 saturated carbocycles. The van der Waals surface area contributed by atoms with Crippen LogP contribution in [0.2, 0.25) is 1.41 Å². The van der Waals surface area contributed by atoms with Crippen LogP contribution in [0, 0.1) is 3.57 Å². The molecule has 0 atom stereocenters. The van der Waals surface area contributed by atoms with Gasteiger partial charge in [-0.25, -0.2) is 0 Å². The molecule has 0 fully saturated rings. The Labute approximate surface area is 69.9 Å². The van der Waals surface area contributed by atoms with Crippen molar-refractivity contribution >= 4 is 22.6 Å². The van der Waals surface area contributed by atoms with Crippen molar-refractivity contribution in [2.45, 2.75) is 6.54 Å². The lowest BCUT2D eigenvalue weighted by atomic mass is 10.2. The Morgan fingerprint density at radius 2 is 2.56 bits per heavy atom. The van der Waals surface area contributed by atoms with Crippen molar-refractivity contribution in [3.05, 3.63) is 33.4 Å². The van der Waals surface area contributed by atoms with E-state index >= 15 is 0 Å². The van der Waals surface area contributed by atoms with Crippen LogP contribution in [0.4, 0.5) is 0 Å². The van der Waals surface area contributed by atoms with Gasteiger partial charge in [-0.3, -0.25) is 0 Å². The van der Waals surface area contributed by atoms with Crippen LogP contribution >= 0.6 is 22.6 Å². The lowest BCUT2D eigenvalue weighted by Gasteiger charge is -1.94. The fourth-order valence-electron chi connectivity index (χ4n) is 0.647. The first-order valence-corrected chi connectivity index (χ1v) is 3.80. The third-order valence-corrected chi connectivity index (χ3v) is 1.76. The van der Waals surface area contributed by atoms with E-state index in [1.54, 1.807) is 0 Å². The van der Waals surface area contributed by atoms with Crippen LogP contribution in [-0.4, -0.2) is 0 Å². The van der Waals surface area contributed by atoms with E-state index in [2.05, 4.69) is 34.4 Å². The maximum atomic E-state index is 6.76. The maximum Gasteiger partial charge on any atom is 0.119 e. The second-order valence-electron chi connectivity index (χ2n) is 1.81. The molecule has 0 unspecified atom stereocenters. The molecule has 0 heterocycles. The van der Waals surface area contributed by atoms with Crippen molar-refractivity contribution in [2.75, 3.05) is 0 Å². The Hall–Kier alpha value is -0.0900. The molecule has 1 nitrogen and oxygen atoms in total. The van der Waals surface area contributed by atoms with Crippen molar-refractivity contribution in [3.8, 4) is 0 Å². The second kappa shape index (κ2) is 3.17. The molecule has 1 aromatic rings. The van der Waals surface area contributed by atoms with Crippen LogP contribution in [0.3, 0.4) is 0 Å². The van der Waals surface area contributed by atoms with Crippen LogP contribution in [0.25, 0.3) is 0 Å². The van der Waals surface area contributed by atoms with Crippen molar-refractivity contribution in [3.63, 3.8) is 0 Å². The molecule has 0 radical (unpaired) electrons. The van der Waals surface area contributed by atoms with Crippen molar-refractivity contribution in [2.24, 2.45) is 5.73 Å². The Bertz CT molecular complexity index is 215. The summed E-state index contributed by atoms with van der Waals surface area (Å²) in [6.07, 6.45) is 0. The highest BCUT2D eigenvalue weighted by molar-refractivity contribution is 14.1. The number of hydrogen-bond acceptors (Lipinski definition) is 1. The molecule has 0 aliphatic carbocycles. The van der Waals surface area contributed by atoms with Crippen LogP contribution in [0.5, 0.6) is 0 Å². The molecule has 48 valence electrons. The van der Waals surface area contributed by atoms with Gasteiger partial charge in [0.25, 0.3) is 0 Å². The van der Waals surface area contributed by atoms with Crippen molar-refractivity contribution < 1.29 is 1.41 Å². The number of hydrogen-bond donors (Lipinski definition) is 1. The monoisotopic (exact) mass is 234 g/mol. The lowest BCUT2D eigenvalue weighted by molar-refractivity contribution is 1.07. The highest BCUT2D eigenvalue weighted by atomic mass is 127. The first-order valence-electron chi connectivity index (χ1n) is 3.22. The molecular formula is C7H8IN.